The lowest BCUT2D eigenvalue weighted by Gasteiger charge is -2.16. The van der Waals surface area contributed by atoms with Gasteiger partial charge >= 0.3 is 0 Å². The zero-order valence-electron chi connectivity index (χ0n) is 8.92. The van der Waals surface area contributed by atoms with Gasteiger partial charge in [-0.3, -0.25) is 0 Å². The van der Waals surface area contributed by atoms with Crippen molar-refractivity contribution in [3.8, 4) is 0 Å². The zero-order chi connectivity index (χ0) is 12.0. The van der Waals surface area contributed by atoms with Gasteiger partial charge in [0, 0.05) is 0 Å². The van der Waals surface area contributed by atoms with Gasteiger partial charge in [-0.05, 0) is 6.42 Å². The van der Waals surface area contributed by atoms with Crippen molar-refractivity contribution in [3.63, 3.8) is 0 Å². The Hall–Kier alpha value is -1.95. The van der Waals surface area contributed by atoms with Gasteiger partial charge < -0.3 is 15.4 Å². The number of aliphatic hydroxyl groups excluding tert-OH is 1. The standard InChI is InChI=1S/C11H11FN4O/c12-6-4-14-11(13)10-9(6)15-5-16(10)7-2-1-3-8(7)17/h1-2,4-5,7-8,17H,3H2,(H2,13,14)/t7-,8-/m1/s1. The minimum atomic E-state index is -0.532. The number of fused-ring (bicyclic) bond motifs is 1. The Kier molecular flexibility index (Phi) is 2.12. The highest BCUT2D eigenvalue weighted by molar-refractivity contribution is 5.85. The Labute approximate surface area is 96.4 Å². The maximum absolute atomic E-state index is 13.5. The van der Waals surface area contributed by atoms with E-state index in [9.17, 15) is 9.50 Å². The molecule has 2 aromatic heterocycles. The lowest BCUT2D eigenvalue weighted by molar-refractivity contribution is 0.148. The Bertz CT molecular complexity index is 607. The molecule has 0 aromatic carbocycles. The molecule has 2 aromatic rings. The summed E-state index contributed by atoms with van der Waals surface area (Å²) in [5, 5.41) is 9.81. The molecule has 0 fully saturated rings. The van der Waals surface area contributed by atoms with E-state index in [0.717, 1.165) is 6.20 Å². The lowest BCUT2D eigenvalue weighted by Crippen LogP contribution is -2.18. The van der Waals surface area contributed by atoms with E-state index in [1.165, 1.54) is 6.33 Å². The topological polar surface area (TPSA) is 77.0 Å². The molecule has 17 heavy (non-hydrogen) atoms. The van der Waals surface area contributed by atoms with Crippen LogP contribution < -0.4 is 5.73 Å². The molecule has 0 spiro atoms. The largest absolute Gasteiger partial charge is 0.390 e. The molecule has 0 radical (unpaired) electrons. The molecule has 0 aliphatic heterocycles. The molecule has 0 saturated carbocycles. The first-order chi connectivity index (χ1) is 8.18. The van der Waals surface area contributed by atoms with Crippen molar-refractivity contribution in [2.24, 2.45) is 0 Å². The highest BCUT2D eigenvalue weighted by Gasteiger charge is 2.25. The molecule has 3 N–H and O–H groups in total. The highest BCUT2D eigenvalue weighted by atomic mass is 19.1. The van der Waals surface area contributed by atoms with E-state index < -0.39 is 11.9 Å². The van der Waals surface area contributed by atoms with Gasteiger partial charge in [-0.1, -0.05) is 12.2 Å². The molecule has 0 unspecified atom stereocenters. The smallest absolute Gasteiger partial charge is 0.169 e. The van der Waals surface area contributed by atoms with Gasteiger partial charge in [0.25, 0.3) is 0 Å². The van der Waals surface area contributed by atoms with E-state index in [1.54, 1.807) is 4.57 Å². The summed E-state index contributed by atoms with van der Waals surface area (Å²) in [6.07, 6.45) is 6.31. The number of aromatic nitrogens is 3. The minimum absolute atomic E-state index is 0.185. The Balaban J connectivity index is 2.24. The lowest BCUT2D eigenvalue weighted by atomic mass is 10.2. The van der Waals surface area contributed by atoms with Crippen LogP contribution in [0.3, 0.4) is 0 Å². The number of imidazole rings is 1. The summed E-state index contributed by atoms with van der Waals surface area (Å²) < 4.78 is 15.2. The number of pyridine rings is 1. The van der Waals surface area contributed by atoms with E-state index in [2.05, 4.69) is 9.97 Å². The van der Waals surface area contributed by atoms with Gasteiger partial charge in [0.1, 0.15) is 16.9 Å². The molecular formula is C11H11FN4O. The van der Waals surface area contributed by atoms with Crippen molar-refractivity contribution in [2.75, 3.05) is 5.73 Å². The molecule has 0 bridgehead atoms. The number of hydrogen-bond acceptors (Lipinski definition) is 4. The van der Waals surface area contributed by atoms with Crippen molar-refractivity contribution in [3.05, 3.63) is 30.5 Å². The average molecular weight is 234 g/mol. The van der Waals surface area contributed by atoms with Gasteiger partial charge in [0.05, 0.1) is 24.7 Å². The van der Waals surface area contributed by atoms with Crippen LogP contribution >= 0.6 is 0 Å². The molecule has 5 nitrogen and oxygen atoms in total. The van der Waals surface area contributed by atoms with Crippen LogP contribution in [0.2, 0.25) is 0 Å². The van der Waals surface area contributed by atoms with E-state index in [0.29, 0.717) is 11.9 Å². The maximum atomic E-state index is 13.5. The Morgan fingerprint density at radius 1 is 1.47 bits per heavy atom. The predicted molar refractivity (Wildman–Crippen MR) is 60.7 cm³/mol. The SMILES string of the molecule is Nc1ncc(F)c2ncn([C@@H]3C=CC[C@H]3O)c12. The van der Waals surface area contributed by atoms with Gasteiger partial charge in [0.2, 0.25) is 0 Å². The van der Waals surface area contributed by atoms with E-state index in [4.69, 9.17) is 5.73 Å². The van der Waals surface area contributed by atoms with Gasteiger partial charge in [-0.2, -0.15) is 0 Å². The fraction of sp³-hybridized carbons (Fsp3) is 0.273. The molecular weight excluding hydrogens is 223 g/mol. The first-order valence-corrected chi connectivity index (χ1v) is 5.29. The summed E-state index contributed by atoms with van der Waals surface area (Å²) in [4.78, 5) is 7.75. The van der Waals surface area contributed by atoms with E-state index in [-0.39, 0.29) is 17.4 Å². The van der Waals surface area contributed by atoms with Crippen molar-refractivity contribution >= 4 is 16.9 Å². The fourth-order valence-corrected chi connectivity index (χ4v) is 2.17. The minimum Gasteiger partial charge on any atom is -0.390 e. The van der Waals surface area contributed by atoms with Crippen LogP contribution in [0.15, 0.2) is 24.7 Å². The van der Waals surface area contributed by atoms with Crippen molar-refractivity contribution in [2.45, 2.75) is 18.6 Å². The van der Waals surface area contributed by atoms with E-state index in [1.807, 2.05) is 12.2 Å². The van der Waals surface area contributed by atoms with Crippen LogP contribution in [0.25, 0.3) is 11.0 Å². The van der Waals surface area contributed by atoms with Gasteiger partial charge in [0.15, 0.2) is 5.82 Å². The second-order valence-electron chi connectivity index (χ2n) is 4.06. The van der Waals surface area contributed by atoms with Crippen LogP contribution in [0, 0.1) is 5.82 Å². The second kappa shape index (κ2) is 3.53. The normalized spacial score (nSPS) is 23.6. The maximum Gasteiger partial charge on any atom is 0.169 e. The summed E-state index contributed by atoms with van der Waals surface area (Å²) in [5.74, 6) is -0.296. The number of nitrogen functional groups attached to an aromatic ring is 1. The van der Waals surface area contributed by atoms with Crippen LogP contribution in [-0.2, 0) is 0 Å². The zero-order valence-corrected chi connectivity index (χ0v) is 8.92. The molecule has 6 heteroatoms. The molecule has 1 aliphatic carbocycles. The van der Waals surface area contributed by atoms with Gasteiger partial charge in [-0.15, -0.1) is 0 Å². The van der Waals surface area contributed by atoms with Crippen molar-refractivity contribution in [1.82, 2.24) is 14.5 Å². The monoisotopic (exact) mass is 234 g/mol. The fourth-order valence-electron chi connectivity index (χ4n) is 2.17. The second-order valence-corrected chi connectivity index (χ2v) is 4.06. The molecule has 2 atom stereocenters. The number of rotatable bonds is 1. The van der Waals surface area contributed by atoms with Crippen LogP contribution in [-0.4, -0.2) is 25.7 Å². The third kappa shape index (κ3) is 1.41. The number of hydrogen-bond donors (Lipinski definition) is 2. The summed E-state index contributed by atoms with van der Waals surface area (Å²) in [6.45, 7) is 0. The molecule has 0 amide bonds. The summed E-state index contributed by atoms with van der Waals surface area (Å²) >= 11 is 0. The Morgan fingerprint density at radius 2 is 2.29 bits per heavy atom. The van der Waals surface area contributed by atoms with Crippen LogP contribution in [0.4, 0.5) is 10.2 Å². The first kappa shape index (κ1) is 10.2. The molecule has 3 rings (SSSR count). The Morgan fingerprint density at radius 3 is 3.00 bits per heavy atom. The van der Waals surface area contributed by atoms with E-state index >= 15 is 0 Å². The average Bonchev–Trinajstić information content (AvgIpc) is 2.89. The molecule has 1 aliphatic rings. The van der Waals surface area contributed by atoms with Gasteiger partial charge in [-0.25, -0.2) is 14.4 Å². The van der Waals surface area contributed by atoms with Crippen molar-refractivity contribution in [1.29, 1.82) is 0 Å². The quantitative estimate of drug-likeness (QED) is 0.722. The number of nitrogens with zero attached hydrogens (tertiary/aromatic N) is 3. The number of nitrogens with two attached hydrogens (primary N) is 1. The number of anilines is 1. The predicted octanol–water partition coefficient (Wildman–Crippen LogP) is 1.01. The summed E-state index contributed by atoms with van der Waals surface area (Å²) in [7, 11) is 0. The highest BCUT2D eigenvalue weighted by Crippen LogP contribution is 2.29. The van der Waals surface area contributed by atoms with Crippen LogP contribution in [0.5, 0.6) is 0 Å². The third-order valence-corrected chi connectivity index (χ3v) is 3.01. The third-order valence-electron chi connectivity index (χ3n) is 3.01. The van der Waals surface area contributed by atoms with Crippen molar-refractivity contribution < 1.29 is 9.50 Å². The molecule has 0 saturated heterocycles. The molecule has 2 heterocycles. The summed E-state index contributed by atoms with van der Waals surface area (Å²) in [6, 6.07) is -0.258. The summed E-state index contributed by atoms with van der Waals surface area (Å²) in [5.41, 5.74) is 6.36. The number of aliphatic hydroxyl groups is 1. The first-order valence-electron chi connectivity index (χ1n) is 5.29. The van der Waals surface area contributed by atoms with Crippen LogP contribution in [0.1, 0.15) is 12.5 Å². The molecule has 88 valence electrons. The number of halogens is 1.